The molecule has 0 aromatic carbocycles. The van der Waals surface area contributed by atoms with Crippen molar-refractivity contribution in [2.75, 3.05) is 26.2 Å². The van der Waals surface area contributed by atoms with Gasteiger partial charge in [-0.15, -0.1) is 0 Å². The third-order valence-corrected chi connectivity index (χ3v) is 2.93. The second-order valence-electron chi connectivity index (χ2n) is 4.68. The summed E-state index contributed by atoms with van der Waals surface area (Å²) in [6.45, 7) is 7.93. The molecule has 0 aliphatic carbocycles. The maximum atomic E-state index is 6.02. The van der Waals surface area contributed by atoms with Gasteiger partial charge < -0.3 is 27.0 Å². The van der Waals surface area contributed by atoms with Gasteiger partial charge in [0.25, 0.3) is 0 Å². The number of aliphatic imine (C=N–C) groups is 1. The van der Waals surface area contributed by atoms with Crippen molar-refractivity contribution >= 4 is 5.96 Å². The Morgan fingerprint density at radius 3 is 2.44 bits per heavy atom. The zero-order valence-electron chi connectivity index (χ0n) is 9.88. The topological polar surface area (TPSA) is 91.7 Å². The van der Waals surface area contributed by atoms with Crippen LogP contribution in [0.25, 0.3) is 0 Å². The molecule has 6 N–H and O–H groups in total. The smallest absolute Gasteiger partial charge is 0.195 e. The molecule has 2 aliphatic rings. The zero-order valence-corrected chi connectivity index (χ0v) is 9.88. The van der Waals surface area contributed by atoms with E-state index in [1.165, 1.54) is 0 Å². The fraction of sp³-hybridized carbons (Fsp3) is 0.700. The van der Waals surface area contributed by atoms with E-state index in [-0.39, 0.29) is 5.54 Å². The molecule has 0 saturated carbocycles. The highest BCUT2D eigenvalue weighted by atomic mass is 15.3. The molecule has 0 spiro atoms. The Kier molecular flexibility index (Phi) is 2.67. The van der Waals surface area contributed by atoms with Crippen LogP contribution in [0.4, 0.5) is 0 Å². The number of nitrogens with two attached hydrogens (primary N) is 2. The van der Waals surface area contributed by atoms with Crippen LogP contribution in [0, 0.1) is 0 Å². The molecule has 6 heteroatoms. The van der Waals surface area contributed by atoms with Crippen molar-refractivity contribution < 1.29 is 0 Å². The Bertz CT molecular complexity index is 337. The van der Waals surface area contributed by atoms with E-state index in [1.807, 2.05) is 13.8 Å². The summed E-state index contributed by atoms with van der Waals surface area (Å²) in [5.41, 5.74) is 12.4. The highest BCUT2D eigenvalue weighted by Crippen LogP contribution is 2.27. The largest absolute Gasteiger partial charge is 0.384 e. The van der Waals surface area contributed by atoms with Crippen LogP contribution in [-0.2, 0) is 0 Å². The lowest BCUT2D eigenvalue weighted by Crippen LogP contribution is -2.53. The Labute approximate surface area is 95.8 Å². The SMILES string of the molecule is CC1(C)N=C(N)NC(N)=C1N1CCNCC1. The van der Waals surface area contributed by atoms with Crippen molar-refractivity contribution in [3.05, 3.63) is 11.5 Å². The first-order chi connectivity index (χ1) is 7.50. The van der Waals surface area contributed by atoms with Gasteiger partial charge in [-0.2, -0.15) is 0 Å². The zero-order chi connectivity index (χ0) is 11.8. The van der Waals surface area contributed by atoms with Gasteiger partial charge in [0, 0.05) is 26.2 Å². The molecule has 2 rings (SSSR count). The van der Waals surface area contributed by atoms with E-state index in [4.69, 9.17) is 11.5 Å². The third-order valence-electron chi connectivity index (χ3n) is 2.93. The van der Waals surface area contributed by atoms with E-state index in [2.05, 4.69) is 20.5 Å². The lowest BCUT2D eigenvalue weighted by atomic mass is 9.98. The summed E-state index contributed by atoms with van der Waals surface area (Å²) in [7, 11) is 0. The van der Waals surface area contributed by atoms with E-state index >= 15 is 0 Å². The number of piperazine rings is 1. The molecule has 0 unspecified atom stereocenters. The minimum absolute atomic E-state index is 0.350. The van der Waals surface area contributed by atoms with Gasteiger partial charge in [-0.25, -0.2) is 4.99 Å². The van der Waals surface area contributed by atoms with Gasteiger partial charge in [0.2, 0.25) is 0 Å². The predicted octanol–water partition coefficient (Wildman–Crippen LogP) is -1.28. The molecular weight excluding hydrogens is 204 g/mol. The first kappa shape index (κ1) is 11.1. The quantitative estimate of drug-likeness (QED) is 0.445. The third kappa shape index (κ3) is 1.92. The molecule has 0 aromatic rings. The summed E-state index contributed by atoms with van der Waals surface area (Å²) in [6.07, 6.45) is 0. The van der Waals surface area contributed by atoms with Crippen LogP contribution >= 0.6 is 0 Å². The molecule has 1 saturated heterocycles. The van der Waals surface area contributed by atoms with Crippen LogP contribution in [0.15, 0.2) is 16.5 Å². The second kappa shape index (κ2) is 3.86. The summed E-state index contributed by atoms with van der Waals surface area (Å²) >= 11 is 0. The van der Waals surface area contributed by atoms with Gasteiger partial charge in [-0.05, 0) is 13.8 Å². The second-order valence-corrected chi connectivity index (χ2v) is 4.68. The molecule has 0 amide bonds. The van der Waals surface area contributed by atoms with E-state index in [9.17, 15) is 0 Å². The van der Waals surface area contributed by atoms with Crippen LogP contribution in [0.2, 0.25) is 0 Å². The molecule has 0 atom stereocenters. The summed E-state index contributed by atoms with van der Waals surface area (Å²) in [5.74, 6) is 1.01. The Hall–Kier alpha value is -1.43. The van der Waals surface area contributed by atoms with Crippen LogP contribution in [0.1, 0.15) is 13.8 Å². The first-order valence-electron chi connectivity index (χ1n) is 5.59. The molecule has 6 nitrogen and oxygen atoms in total. The Morgan fingerprint density at radius 1 is 1.25 bits per heavy atom. The summed E-state index contributed by atoms with van der Waals surface area (Å²) in [6, 6.07) is 0. The molecular formula is C10H20N6. The van der Waals surface area contributed by atoms with Gasteiger partial charge in [0.15, 0.2) is 5.96 Å². The van der Waals surface area contributed by atoms with E-state index in [1.54, 1.807) is 0 Å². The molecule has 2 heterocycles. The average molecular weight is 224 g/mol. The minimum atomic E-state index is -0.350. The van der Waals surface area contributed by atoms with Crippen LogP contribution in [-0.4, -0.2) is 42.6 Å². The van der Waals surface area contributed by atoms with E-state index < -0.39 is 0 Å². The number of nitrogens with one attached hydrogen (secondary N) is 2. The van der Waals surface area contributed by atoms with Crippen molar-refractivity contribution in [1.29, 1.82) is 0 Å². The average Bonchev–Trinajstić information content (AvgIpc) is 2.15. The summed E-state index contributed by atoms with van der Waals surface area (Å²) < 4.78 is 0. The Morgan fingerprint density at radius 2 is 1.88 bits per heavy atom. The molecule has 0 radical (unpaired) electrons. The number of rotatable bonds is 1. The number of hydrogen-bond acceptors (Lipinski definition) is 6. The lowest BCUT2D eigenvalue weighted by molar-refractivity contribution is 0.256. The lowest BCUT2D eigenvalue weighted by Gasteiger charge is -2.40. The highest BCUT2D eigenvalue weighted by molar-refractivity contribution is 5.81. The van der Waals surface area contributed by atoms with Crippen molar-refractivity contribution in [2.45, 2.75) is 19.4 Å². The van der Waals surface area contributed by atoms with Gasteiger partial charge >= 0.3 is 0 Å². The fourth-order valence-corrected chi connectivity index (χ4v) is 2.35. The van der Waals surface area contributed by atoms with Gasteiger partial charge in [0.05, 0.1) is 5.70 Å². The van der Waals surface area contributed by atoms with E-state index in [0.717, 1.165) is 31.9 Å². The van der Waals surface area contributed by atoms with Crippen LogP contribution in [0.5, 0.6) is 0 Å². The predicted molar refractivity (Wildman–Crippen MR) is 64.5 cm³/mol. The Balaban J connectivity index is 2.27. The molecule has 0 aromatic heterocycles. The highest BCUT2D eigenvalue weighted by Gasteiger charge is 2.34. The van der Waals surface area contributed by atoms with Crippen molar-refractivity contribution in [2.24, 2.45) is 16.5 Å². The number of guanidine groups is 1. The molecule has 1 fully saturated rings. The standard InChI is InChI=1S/C10H20N6/c1-10(2)7(8(11)14-9(12)15-10)16-5-3-13-4-6-16/h13H,3-6,11H2,1-2H3,(H3,12,14,15). The van der Waals surface area contributed by atoms with Crippen LogP contribution in [0.3, 0.4) is 0 Å². The molecule has 90 valence electrons. The number of hydrogen-bond donors (Lipinski definition) is 4. The normalized spacial score (nSPS) is 25.1. The van der Waals surface area contributed by atoms with Gasteiger partial charge in [-0.3, -0.25) is 0 Å². The maximum Gasteiger partial charge on any atom is 0.195 e. The van der Waals surface area contributed by atoms with Crippen molar-refractivity contribution in [3.63, 3.8) is 0 Å². The molecule has 0 bridgehead atoms. The van der Waals surface area contributed by atoms with E-state index in [0.29, 0.717) is 11.8 Å². The maximum absolute atomic E-state index is 6.02. The number of nitrogens with zero attached hydrogens (tertiary/aromatic N) is 2. The molecule has 16 heavy (non-hydrogen) atoms. The van der Waals surface area contributed by atoms with Crippen molar-refractivity contribution in [1.82, 2.24) is 15.5 Å². The van der Waals surface area contributed by atoms with Crippen LogP contribution < -0.4 is 22.1 Å². The minimum Gasteiger partial charge on any atom is -0.384 e. The van der Waals surface area contributed by atoms with Gasteiger partial charge in [0.1, 0.15) is 11.4 Å². The summed E-state index contributed by atoms with van der Waals surface area (Å²) in [4.78, 5) is 6.68. The first-order valence-corrected chi connectivity index (χ1v) is 5.59. The molecule has 2 aliphatic heterocycles. The van der Waals surface area contributed by atoms with Gasteiger partial charge in [-0.1, -0.05) is 0 Å². The fourth-order valence-electron chi connectivity index (χ4n) is 2.35. The van der Waals surface area contributed by atoms with Crippen molar-refractivity contribution in [3.8, 4) is 0 Å². The summed E-state index contributed by atoms with van der Waals surface area (Å²) in [5, 5.41) is 6.22. The monoisotopic (exact) mass is 224 g/mol.